The number of nitrogens with zero attached hydrogens (tertiary/aromatic N) is 3. The van der Waals surface area contributed by atoms with Gasteiger partial charge >= 0.3 is 0 Å². The smallest absolute Gasteiger partial charge is 0.139 e. The monoisotopic (exact) mass is 775 g/mol. The Bertz CT molecular complexity index is 2390. The van der Waals surface area contributed by atoms with Crippen molar-refractivity contribution in [2.24, 2.45) is 0 Å². The molecule has 0 amide bonds. The molecule has 3 aromatic heterocycles. The summed E-state index contributed by atoms with van der Waals surface area (Å²) in [6.07, 6.45) is 1.91. The Hall–Kier alpha value is -5.05. The Morgan fingerprint density at radius 3 is 2.30 bits per heavy atom. The standard InChI is InChI=1S/C41H30N3O.Pt/c1-41(2,39-26-28(23-24-42-39)32-17-10-12-27-11-3-4-15-31(27)32)30-14-9-13-29(25-30)35-22-21-34-33-16-5-6-18-36(33)44(40(34)43-35)37-19-7-8-20-38(37)45;/h3-24,26,45H,1-2H3;/q-1;. The average molecular weight is 776 g/mol. The Morgan fingerprint density at radius 2 is 1.43 bits per heavy atom. The molecule has 46 heavy (non-hydrogen) atoms. The van der Waals surface area contributed by atoms with E-state index in [1.54, 1.807) is 6.07 Å². The van der Waals surface area contributed by atoms with Crippen LogP contribution in [0.5, 0.6) is 5.75 Å². The van der Waals surface area contributed by atoms with E-state index < -0.39 is 5.41 Å². The summed E-state index contributed by atoms with van der Waals surface area (Å²) in [5, 5.41) is 15.4. The number of phenolic OH excluding ortho intramolecular Hbond substituents is 1. The van der Waals surface area contributed by atoms with Gasteiger partial charge in [0.25, 0.3) is 0 Å². The summed E-state index contributed by atoms with van der Waals surface area (Å²) in [6.45, 7) is 4.40. The van der Waals surface area contributed by atoms with Gasteiger partial charge in [-0.2, -0.15) is 0 Å². The van der Waals surface area contributed by atoms with E-state index in [0.29, 0.717) is 5.69 Å². The molecule has 226 valence electrons. The molecular formula is C41H30N3OPt-. The zero-order valence-electron chi connectivity index (χ0n) is 25.4. The molecule has 0 aliphatic rings. The van der Waals surface area contributed by atoms with Gasteiger partial charge < -0.3 is 5.11 Å². The molecule has 1 N–H and O–H groups in total. The van der Waals surface area contributed by atoms with Crippen molar-refractivity contribution in [3.8, 4) is 33.8 Å². The number of hydrogen-bond donors (Lipinski definition) is 1. The van der Waals surface area contributed by atoms with Crippen molar-refractivity contribution in [3.05, 3.63) is 157 Å². The van der Waals surface area contributed by atoms with E-state index in [2.05, 4.69) is 117 Å². The quantitative estimate of drug-likeness (QED) is 0.177. The van der Waals surface area contributed by atoms with Gasteiger partial charge in [0.1, 0.15) is 11.4 Å². The topological polar surface area (TPSA) is 50.9 Å². The van der Waals surface area contributed by atoms with Crippen LogP contribution in [0, 0.1) is 6.07 Å². The van der Waals surface area contributed by atoms with E-state index in [-0.39, 0.29) is 26.8 Å². The molecule has 0 fully saturated rings. The number of aromatic nitrogens is 3. The zero-order chi connectivity index (χ0) is 30.5. The molecular weight excluding hydrogens is 746 g/mol. The van der Waals surface area contributed by atoms with Gasteiger partial charge in [-0.3, -0.25) is 14.5 Å². The first kappa shape index (κ1) is 29.6. The zero-order valence-corrected chi connectivity index (χ0v) is 27.7. The maximum Gasteiger partial charge on any atom is 0.139 e. The summed E-state index contributed by atoms with van der Waals surface area (Å²) in [5.74, 6) is 0.209. The Morgan fingerprint density at radius 1 is 0.696 bits per heavy atom. The fourth-order valence-corrected chi connectivity index (χ4v) is 6.42. The van der Waals surface area contributed by atoms with Crippen LogP contribution in [0.25, 0.3) is 60.8 Å². The fraction of sp³-hybridized carbons (Fsp3) is 0.0732. The number of fused-ring (bicyclic) bond motifs is 4. The van der Waals surface area contributed by atoms with Crippen molar-refractivity contribution in [3.63, 3.8) is 0 Å². The number of hydrogen-bond acceptors (Lipinski definition) is 3. The first-order chi connectivity index (χ1) is 22.0. The molecule has 0 aliphatic heterocycles. The van der Waals surface area contributed by atoms with Gasteiger partial charge in [0, 0.05) is 49.1 Å². The average Bonchev–Trinajstić information content (AvgIpc) is 3.42. The number of para-hydroxylation sites is 3. The maximum atomic E-state index is 10.8. The third-order valence-electron chi connectivity index (χ3n) is 8.89. The van der Waals surface area contributed by atoms with Gasteiger partial charge in [-0.05, 0) is 57.9 Å². The molecule has 8 aromatic rings. The molecule has 5 heteroatoms. The summed E-state index contributed by atoms with van der Waals surface area (Å²) in [7, 11) is 0. The molecule has 4 nitrogen and oxygen atoms in total. The SMILES string of the molecule is CC(C)(c1[c-]c(-c2ccc3c4ccccc4n(-c4ccccc4O)c3n2)ccc1)c1cc(-c2cccc3ccccc23)ccn1.[Pt]. The molecule has 0 saturated carbocycles. The number of benzene rings is 5. The van der Waals surface area contributed by atoms with Crippen LogP contribution >= 0.6 is 0 Å². The first-order valence-corrected chi connectivity index (χ1v) is 15.2. The van der Waals surface area contributed by atoms with Crippen LogP contribution in [0.15, 0.2) is 140 Å². The van der Waals surface area contributed by atoms with Crippen LogP contribution in [-0.2, 0) is 26.5 Å². The third kappa shape index (κ3) is 4.90. The van der Waals surface area contributed by atoms with Crippen LogP contribution in [-0.4, -0.2) is 19.6 Å². The second-order valence-electron chi connectivity index (χ2n) is 12.0. The summed E-state index contributed by atoms with van der Waals surface area (Å²) < 4.78 is 2.04. The van der Waals surface area contributed by atoms with Crippen molar-refractivity contribution in [1.29, 1.82) is 0 Å². The predicted octanol–water partition coefficient (Wildman–Crippen LogP) is 9.89. The van der Waals surface area contributed by atoms with Gasteiger partial charge in [0.2, 0.25) is 0 Å². The van der Waals surface area contributed by atoms with Crippen molar-refractivity contribution in [1.82, 2.24) is 14.5 Å². The fourth-order valence-electron chi connectivity index (χ4n) is 6.42. The van der Waals surface area contributed by atoms with Crippen molar-refractivity contribution in [2.75, 3.05) is 0 Å². The minimum Gasteiger partial charge on any atom is -0.506 e. The van der Waals surface area contributed by atoms with Crippen LogP contribution in [0.1, 0.15) is 25.1 Å². The van der Waals surface area contributed by atoms with Crippen LogP contribution in [0.4, 0.5) is 0 Å². The molecule has 0 bridgehead atoms. The molecule has 0 unspecified atom stereocenters. The molecule has 3 heterocycles. The second kappa shape index (κ2) is 11.7. The molecule has 0 atom stereocenters. The summed E-state index contributed by atoms with van der Waals surface area (Å²) in [6, 6.07) is 49.0. The Labute approximate surface area is 282 Å². The first-order valence-electron chi connectivity index (χ1n) is 15.2. The van der Waals surface area contributed by atoms with Gasteiger partial charge in [-0.1, -0.05) is 98.8 Å². The van der Waals surface area contributed by atoms with Crippen LogP contribution < -0.4 is 0 Å². The third-order valence-corrected chi connectivity index (χ3v) is 8.89. The summed E-state index contributed by atoms with van der Waals surface area (Å²) >= 11 is 0. The number of pyridine rings is 2. The Kier molecular flexibility index (Phi) is 7.55. The number of rotatable bonds is 5. The molecule has 8 rings (SSSR count). The van der Waals surface area contributed by atoms with Crippen molar-refractivity contribution < 1.29 is 26.2 Å². The summed E-state index contributed by atoms with van der Waals surface area (Å²) in [4.78, 5) is 10.0. The molecule has 0 aliphatic carbocycles. The van der Waals surface area contributed by atoms with E-state index in [9.17, 15) is 5.11 Å². The molecule has 0 spiro atoms. The molecule has 0 radical (unpaired) electrons. The Balaban J connectivity index is 0.00000338. The van der Waals surface area contributed by atoms with E-state index in [1.165, 1.54) is 16.3 Å². The predicted molar refractivity (Wildman–Crippen MR) is 184 cm³/mol. The van der Waals surface area contributed by atoms with Crippen LogP contribution in [0.2, 0.25) is 0 Å². The van der Waals surface area contributed by atoms with Gasteiger partial charge in [-0.25, -0.2) is 0 Å². The minimum atomic E-state index is -0.411. The normalized spacial score (nSPS) is 11.6. The summed E-state index contributed by atoms with van der Waals surface area (Å²) in [5.41, 5.74) is 8.14. The van der Waals surface area contributed by atoms with Crippen LogP contribution in [0.3, 0.4) is 0 Å². The number of aromatic hydroxyl groups is 1. The van der Waals surface area contributed by atoms with E-state index in [4.69, 9.17) is 9.97 Å². The van der Waals surface area contributed by atoms with Crippen molar-refractivity contribution >= 4 is 32.7 Å². The number of phenols is 1. The van der Waals surface area contributed by atoms with Gasteiger partial charge in [-0.15, -0.1) is 35.4 Å². The van der Waals surface area contributed by atoms with E-state index >= 15 is 0 Å². The minimum absolute atomic E-state index is 0. The second-order valence-corrected chi connectivity index (χ2v) is 12.0. The maximum absolute atomic E-state index is 10.8. The molecule has 5 aromatic carbocycles. The van der Waals surface area contributed by atoms with E-state index in [0.717, 1.165) is 50.0 Å². The van der Waals surface area contributed by atoms with Gasteiger partial charge in [0.05, 0.1) is 11.2 Å². The van der Waals surface area contributed by atoms with Gasteiger partial charge in [0.15, 0.2) is 0 Å². The van der Waals surface area contributed by atoms with Crippen molar-refractivity contribution in [2.45, 2.75) is 19.3 Å². The molecule has 0 saturated heterocycles. The van der Waals surface area contributed by atoms with E-state index in [1.807, 2.05) is 41.1 Å². The largest absolute Gasteiger partial charge is 0.506 e.